The van der Waals surface area contributed by atoms with Crippen LogP contribution in [0.3, 0.4) is 0 Å². The molecule has 0 aromatic carbocycles. The molecule has 0 bridgehead atoms. The number of nitrogens with two attached hydrogens (primary N) is 10. The summed E-state index contributed by atoms with van der Waals surface area (Å²) in [5.74, 6) is -17.3. The summed E-state index contributed by atoms with van der Waals surface area (Å²) in [5, 5.41) is 50.5. The van der Waals surface area contributed by atoms with Gasteiger partial charge in [0.1, 0.15) is 66.5 Å². The normalized spacial score (nSPS) is 15.7. The lowest BCUT2D eigenvalue weighted by Crippen LogP contribution is -2.62. The molecule has 13 atom stereocenters. The summed E-state index contributed by atoms with van der Waals surface area (Å²) in [6, 6.07) is -18.2. The highest BCUT2D eigenvalue weighted by atomic mass is 16.4. The summed E-state index contributed by atoms with van der Waals surface area (Å²) in [4.78, 5) is 224. The van der Waals surface area contributed by atoms with E-state index < -0.39 is 199 Å². The topological polar surface area (TPSA) is 767 Å². The number of hydrogen-bond acceptors (Lipinski definition) is 22. The van der Waals surface area contributed by atoms with Crippen molar-refractivity contribution in [3.63, 3.8) is 0 Å². The highest BCUT2D eigenvalue weighted by molar-refractivity contribution is 6.00. The minimum Gasteiger partial charge on any atom is -0.480 e. The lowest BCUT2D eigenvalue weighted by molar-refractivity contribution is -0.143. The second kappa shape index (κ2) is 49.7. The first-order valence-corrected chi connectivity index (χ1v) is 35.6. The van der Waals surface area contributed by atoms with Gasteiger partial charge in [0.15, 0.2) is 17.9 Å². The lowest BCUT2D eigenvalue weighted by atomic mass is 9.96. The number of carboxylic acids is 1. The van der Waals surface area contributed by atoms with Gasteiger partial charge in [-0.3, -0.25) is 82.1 Å². The van der Waals surface area contributed by atoms with Crippen molar-refractivity contribution in [2.75, 3.05) is 39.3 Å². The summed E-state index contributed by atoms with van der Waals surface area (Å²) >= 11 is 0. The molecule has 35 N–H and O–H groups in total. The number of aliphatic hydroxyl groups excluding tert-OH is 1. The van der Waals surface area contributed by atoms with E-state index in [0.717, 1.165) is 0 Å². The fourth-order valence-electron chi connectivity index (χ4n) is 10.9. The van der Waals surface area contributed by atoms with E-state index in [0.29, 0.717) is 32.2 Å². The molecular formula is C64H113N27O17. The average molecular weight is 1530 g/mol. The van der Waals surface area contributed by atoms with Crippen molar-refractivity contribution in [3.8, 4) is 0 Å². The average Bonchev–Trinajstić information content (AvgIpc) is 0.879. The van der Waals surface area contributed by atoms with Gasteiger partial charge in [-0.15, -0.1) is 0 Å². The first-order valence-electron chi connectivity index (χ1n) is 35.6. The van der Waals surface area contributed by atoms with Gasteiger partial charge in [-0.05, 0) is 115 Å². The molecule has 108 heavy (non-hydrogen) atoms. The number of primary amides is 3. The summed E-state index contributed by atoms with van der Waals surface area (Å²) in [6.45, 7) is 6.10. The van der Waals surface area contributed by atoms with Crippen LogP contribution in [0.4, 0.5) is 0 Å². The third kappa shape index (κ3) is 36.8. The molecule has 1 aliphatic rings. The van der Waals surface area contributed by atoms with Crippen molar-refractivity contribution in [1.29, 1.82) is 0 Å². The summed E-state index contributed by atoms with van der Waals surface area (Å²) in [5.41, 5.74) is 55.6. The molecule has 44 heteroatoms. The van der Waals surface area contributed by atoms with Gasteiger partial charge in [-0.1, -0.05) is 34.1 Å². The Morgan fingerprint density at radius 2 is 0.889 bits per heavy atom. The number of guanidine groups is 3. The number of nitrogens with one attached hydrogen (secondary N) is 13. The molecule has 44 nitrogen and oxygen atoms in total. The maximum atomic E-state index is 14.8. The van der Waals surface area contributed by atoms with Crippen molar-refractivity contribution < 1.29 is 82.1 Å². The minimum absolute atomic E-state index is 0.00116. The number of unbranched alkanes of at least 4 members (excludes halogenated alkanes) is 1. The van der Waals surface area contributed by atoms with Crippen LogP contribution in [0.25, 0.3) is 0 Å². The standard InChI is InChI=1S/C64H113N27O17/c1-5-33(4)49(60(106)85-38(16-11-25-79-64(73)74)51(97)81-36(14-9-23-77-62(69)70)53(99)88-43(27-34-29-75-31-80-34)57(103)90-45(30-92)59(105)86-41(61(107)108)12-6-7-21-65)91-55(101)40(18-20-47(67)94)84-56(102)42(26-32(2)3)87-52(98)37(15-10-24-78-63(71)72)82-58(104)44(28-48(68)95)89-54(100)39(17-19-46(66)93)83-50(96)35-13-8-22-76-35/h29,31-33,35-45,49,76,92H,5-28,30,65H2,1-4H3,(H2,66,93)(H2,67,94)(H2,68,95)(H,75,80)(H,81,97)(H,82,104)(H,83,96)(H,84,102)(H,85,106)(H,86,105)(H,87,98)(H,88,99)(H,89,100)(H,90,103)(H,91,101)(H,107,108)(H4,69,70,77)(H4,71,72,78)(H4,73,74,79)/t33-,35-,36-,37-,38-,39-,40-,41-,42-,43-,44-,45-,49-/m0/s1. The zero-order chi connectivity index (χ0) is 81.2. The van der Waals surface area contributed by atoms with Crippen molar-refractivity contribution in [3.05, 3.63) is 18.2 Å². The number of aromatic amines is 1. The molecule has 606 valence electrons. The maximum absolute atomic E-state index is 14.8. The molecule has 0 saturated carbocycles. The number of hydrogen-bond donors (Lipinski definition) is 25. The number of H-pyrrole nitrogens is 1. The number of carbonyl (C=O) groups excluding carboxylic acids is 14. The van der Waals surface area contributed by atoms with Gasteiger partial charge in [-0.2, -0.15) is 0 Å². The number of aromatic nitrogens is 2. The zero-order valence-electron chi connectivity index (χ0n) is 61.5. The predicted octanol–water partition coefficient (Wildman–Crippen LogP) is -10.1. The fourth-order valence-corrected chi connectivity index (χ4v) is 10.9. The Bertz CT molecular complexity index is 3250. The fraction of sp³-hybridized carbons (Fsp3) is 0.672. The number of imidazole rings is 1. The molecule has 14 amide bonds. The third-order valence-corrected chi connectivity index (χ3v) is 16.9. The number of aliphatic imine (C=N–C) groups is 3. The number of carboxylic acid groups (broad SMARTS) is 1. The Hall–Kier alpha value is -11.0. The molecule has 2 heterocycles. The number of carbonyl (C=O) groups is 15. The Labute approximate surface area is 624 Å². The van der Waals surface area contributed by atoms with Gasteiger partial charge < -0.3 is 136 Å². The second-order valence-electron chi connectivity index (χ2n) is 26.4. The van der Waals surface area contributed by atoms with Crippen LogP contribution in [0.1, 0.15) is 149 Å². The van der Waals surface area contributed by atoms with Gasteiger partial charge >= 0.3 is 5.97 Å². The number of aliphatic carboxylic acids is 1. The molecule has 1 saturated heterocycles. The molecule has 2 rings (SSSR count). The van der Waals surface area contributed by atoms with Crippen LogP contribution in [0, 0.1) is 11.8 Å². The number of rotatable bonds is 54. The van der Waals surface area contributed by atoms with Crippen LogP contribution in [-0.4, -0.2) is 239 Å². The molecule has 0 unspecified atom stereocenters. The smallest absolute Gasteiger partial charge is 0.326 e. The molecule has 1 aromatic heterocycles. The maximum Gasteiger partial charge on any atom is 0.326 e. The second-order valence-corrected chi connectivity index (χ2v) is 26.4. The van der Waals surface area contributed by atoms with Crippen LogP contribution in [0.15, 0.2) is 27.5 Å². The zero-order valence-corrected chi connectivity index (χ0v) is 61.5. The van der Waals surface area contributed by atoms with Gasteiger partial charge in [0.05, 0.1) is 25.4 Å². The van der Waals surface area contributed by atoms with E-state index in [2.05, 4.69) is 88.7 Å². The van der Waals surface area contributed by atoms with E-state index in [-0.39, 0.29) is 127 Å². The molecule has 0 aliphatic carbocycles. The lowest BCUT2D eigenvalue weighted by Gasteiger charge is -2.30. The predicted molar refractivity (Wildman–Crippen MR) is 391 cm³/mol. The Kier molecular flexibility index (Phi) is 42.8. The number of aliphatic hydroxyl groups is 1. The van der Waals surface area contributed by atoms with Gasteiger partial charge in [0.2, 0.25) is 82.7 Å². The largest absolute Gasteiger partial charge is 0.480 e. The van der Waals surface area contributed by atoms with Gasteiger partial charge in [0.25, 0.3) is 0 Å². The van der Waals surface area contributed by atoms with E-state index in [1.54, 1.807) is 27.7 Å². The van der Waals surface area contributed by atoms with Crippen LogP contribution in [0.2, 0.25) is 0 Å². The third-order valence-electron chi connectivity index (χ3n) is 16.9. The van der Waals surface area contributed by atoms with Gasteiger partial charge in [0, 0.05) is 50.8 Å². The minimum atomic E-state index is -1.80. The number of amides is 14. The first kappa shape index (κ1) is 93.0. The Morgan fingerprint density at radius 3 is 1.31 bits per heavy atom. The summed E-state index contributed by atoms with van der Waals surface area (Å²) in [6.07, 6.45) is 0.865. The first-order chi connectivity index (χ1) is 51.0. The van der Waals surface area contributed by atoms with E-state index in [4.69, 9.17) is 57.3 Å². The van der Waals surface area contributed by atoms with E-state index in [9.17, 15) is 82.1 Å². The van der Waals surface area contributed by atoms with Crippen LogP contribution in [0.5, 0.6) is 0 Å². The summed E-state index contributed by atoms with van der Waals surface area (Å²) in [7, 11) is 0. The molecule has 1 fully saturated rings. The molecule has 1 aliphatic heterocycles. The molecule has 1 aromatic rings. The van der Waals surface area contributed by atoms with Crippen molar-refractivity contribution in [2.45, 2.75) is 222 Å². The van der Waals surface area contributed by atoms with E-state index >= 15 is 0 Å². The van der Waals surface area contributed by atoms with Crippen LogP contribution >= 0.6 is 0 Å². The molecule has 0 radical (unpaired) electrons. The van der Waals surface area contributed by atoms with Crippen molar-refractivity contribution >= 4 is 107 Å². The molecular weight excluding hydrogens is 1420 g/mol. The van der Waals surface area contributed by atoms with E-state index in [1.165, 1.54) is 12.5 Å². The Morgan fingerprint density at radius 1 is 0.491 bits per heavy atom. The van der Waals surface area contributed by atoms with Crippen molar-refractivity contribution in [2.24, 2.45) is 84.1 Å². The highest BCUT2D eigenvalue weighted by Crippen LogP contribution is 2.16. The highest BCUT2D eigenvalue weighted by Gasteiger charge is 2.39. The quantitative estimate of drug-likeness (QED) is 0.0164. The summed E-state index contributed by atoms with van der Waals surface area (Å²) < 4.78 is 0. The molecule has 0 spiro atoms. The monoisotopic (exact) mass is 1530 g/mol. The Balaban J connectivity index is 2.63. The van der Waals surface area contributed by atoms with Crippen LogP contribution < -0.4 is 121 Å². The van der Waals surface area contributed by atoms with Gasteiger partial charge in [-0.25, -0.2) is 9.78 Å². The van der Waals surface area contributed by atoms with E-state index in [1.807, 2.05) is 0 Å². The van der Waals surface area contributed by atoms with Crippen LogP contribution in [-0.2, 0) is 78.3 Å². The van der Waals surface area contributed by atoms with Crippen molar-refractivity contribution in [1.82, 2.24) is 73.8 Å². The number of nitrogens with zero attached hydrogens (tertiary/aromatic N) is 4. The SMILES string of the molecule is CC[C@H](C)[C@H](NC(=O)[C@H](CCC(N)=O)NC(=O)[C@H](CC(C)C)NC(=O)[C@H](CCCN=C(N)N)NC(=O)[C@H](CC(N)=O)NC(=O)[C@H](CCC(N)=O)NC(=O)[C@@H]1CCCN1)C(=O)N[C@@H](CCCN=C(N)N)C(=O)N[C@@H](CCCN=C(N)N)C(=O)N[C@@H](Cc1cnc[nH]1)C(=O)N[C@@H](CO)C(=O)N[C@@H](CCCCN)C(=O)O.